The van der Waals surface area contributed by atoms with Gasteiger partial charge in [0.05, 0.1) is 6.04 Å². The van der Waals surface area contributed by atoms with Gasteiger partial charge in [0.25, 0.3) is 0 Å². The summed E-state index contributed by atoms with van der Waals surface area (Å²) in [6.07, 6.45) is 1.21. The molecule has 0 radical (unpaired) electrons. The fraction of sp³-hybridized carbons (Fsp3) is 0.500. The van der Waals surface area contributed by atoms with Crippen molar-refractivity contribution in [2.45, 2.75) is 31.8 Å². The van der Waals surface area contributed by atoms with Gasteiger partial charge in [0, 0.05) is 31.9 Å². The molecule has 25 heavy (non-hydrogen) atoms. The SMILES string of the molecule is CCC1CNCC2N1c1ccccc1CC21C(=O)NC(=O)N(C)C1=O. The van der Waals surface area contributed by atoms with Crippen molar-refractivity contribution in [2.75, 3.05) is 25.0 Å². The number of barbiturate groups is 1. The number of piperazine rings is 1. The second-order valence-electron chi connectivity index (χ2n) is 7.04. The maximum atomic E-state index is 13.2. The predicted molar refractivity (Wildman–Crippen MR) is 92.1 cm³/mol. The van der Waals surface area contributed by atoms with Crippen molar-refractivity contribution in [1.82, 2.24) is 15.5 Å². The molecule has 7 nitrogen and oxygen atoms in total. The van der Waals surface area contributed by atoms with E-state index in [9.17, 15) is 14.4 Å². The Kier molecular flexibility index (Phi) is 3.57. The van der Waals surface area contributed by atoms with Crippen molar-refractivity contribution >= 4 is 23.5 Å². The van der Waals surface area contributed by atoms with Crippen molar-refractivity contribution in [3.05, 3.63) is 29.8 Å². The number of rotatable bonds is 1. The number of nitrogens with zero attached hydrogens (tertiary/aromatic N) is 2. The van der Waals surface area contributed by atoms with E-state index in [2.05, 4.69) is 28.5 Å². The largest absolute Gasteiger partial charge is 0.361 e. The van der Waals surface area contributed by atoms with E-state index in [1.807, 2.05) is 18.2 Å². The highest BCUT2D eigenvalue weighted by atomic mass is 16.2. The Balaban J connectivity index is 1.91. The van der Waals surface area contributed by atoms with Gasteiger partial charge in [0.15, 0.2) is 5.41 Å². The minimum Gasteiger partial charge on any atom is -0.361 e. The summed E-state index contributed by atoms with van der Waals surface area (Å²) in [6.45, 7) is 3.45. The lowest BCUT2D eigenvalue weighted by atomic mass is 9.67. The van der Waals surface area contributed by atoms with Gasteiger partial charge in [0.1, 0.15) is 0 Å². The lowest BCUT2D eigenvalue weighted by molar-refractivity contribution is -0.153. The number of imide groups is 2. The van der Waals surface area contributed by atoms with Gasteiger partial charge in [-0.15, -0.1) is 0 Å². The molecule has 3 heterocycles. The van der Waals surface area contributed by atoms with Gasteiger partial charge in [-0.05, 0) is 24.5 Å². The average Bonchev–Trinajstić information content (AvgIpc) is 2.64. The fourth-order valence-electron chi connectivity index (χ4n) is 4.52. The van der Waals surface area contributed by atoms with Gasteiger partial charge in [-0.1, -0.05) is 25.1 Å². The minimum absolute atomic E-state index is 0.195. The van der Waals surface area contributed by atoms with Crippen molar-refractivity contribution < 1.29 is 14.4 Å². The van der Waals surface area contributed by atoms with E-state index in [0.717, 1.165) is 29.1 Å². The molecule has 7 heteroatoms. The van der Waals surface area contributed by atoms with Crippen LogP contribution in [0.4, 0.5) is 10.5 Å². The first-order valence-corrected chi connectivity index (χ1v) is 8.71. The molecule has 0 aromatic heterocycles. The molecule has 0 saturated carbocycles. The van der Waals surface area contributed by atoms with Gasteiger partial charge >= 0.3 is 6.03 Å². The van der Waals surface area contributed by atoms with E-state index in [-0.39, 0.29) is 12.1 Å². The number of carbonyl (C=O) groups excluding carboxylic acids is 3. The Morgan fingerprint density at radius 2 is 1.96 bits per heavy atom. The standard InChI is InChI=1S/C18H22N4O3/c1-3-12-9-19-10-14-18(15(23)20-17(25)21(2)16(18)24)8-11-6-4-5-7-13(11)22(12)14/h4-7,12,14,19H,3,8-10H2,1-2H3,(H,20,23,25). The Hall–Kier alpha value is -2.41. The van der Waals surface area contributed by atoms with E-state index < -0.39 is 23.3 Å². The lowest BCUT2D eigenvalue weighted by Crippen LogP contribution is -2.75. The predicted octanol–water partition coefficient (Wildman–Crippen LogP) is 0.494. The maximum Gasteiger partial charge on any atom is 0.330 e. The van der Waals surface area contributed by atoms with E-state index in [4.69, 9.17) is 0 Å². The maximum absolute atomic E-state index is 13.2. The van der Waals surface area contributed by atoms with Crippen LogP contribution >= 0.6 is 0 Å². The fourth-order valence-corrected chi connectivity index (χ4v) is 4.52. The topological polar surface area (TPSA) is 81.8 Å². The lowest BCUT2D eigenvalue weighted by Gasteiger charge is -2.56. The Bertz CT molecular complexity index is 764. The van der Waals surface area contributed by atoms with Crippen LogP contribution in [0.5, 0.6) is 0 Å². The third-order valence-corrected chi connectivity index (χ3v) is 5.84. The van der Waals surface area contributed by atoms with Gasteiger partial charge in [-0.25, -0.2) is 4.79 Å². The summed E-state index contributed by atoms with van der Waals surface area (Å²) in [5.74, 6) is -0.895. The minimum atomic E-state index is -1.28. The van der Waals surface area contributed by atoms with Gasteiger partial charge in [-0.2, -0.15) is 0 Å². The summed E-state index contributed by atoms with van der Waals surface area (Å²) < 4.78 is 0. The number of amides is 4. The number of para-hydroxylation sites is 1. The molecule has 1 aromatic rings. The third kappa shape index (κ3) is 2.05. The monoisotopic (exact) mass is 342 g/mol. The summed E-state index contributed by atoms with van der Waals surface area (Å²) in [7, 11) is 1.43. The molecule has 2 saturated heterocycles. The van der Waals surface area contributed by atoms with Crippen LogP contribution in [0.2, 0.25) is 0 Å². The summed E-state index contributed by atoms with van der Waals surface area (Å²) >= 11 is 0. The summed E-state index contributed by atoms with van der Waals surface area (Å²) in [6, 6.07) is 7.17. The van der Waals surface area contributed by atoms with Crippen LogP contribution in [0.25, 0.3) is 0 Å². The molecule has 3 unspecified atom stereocenters. The number of benzene rings is 1. The quantitative estimate of drug-likeness (QED) is 0.726. The molecule has 3 atom stereocenters. The van der Waals surface area contributed by atoms with Crippen molar-refractivity contribution in [1.29, 1.82) is 0 Å². The van der Waals surface area contributed by atoms with Crippen LogP contribution in [0.15, 0.2) is 24.3 Å². The van der Waals surface area contributed by atoms with E-state index in [1.54, 1.807) is 0 Å². The van der Waals surface area contributed by atoms with Crippen molar-refractivity contribution in [3.63, 3.8) is 0 Å². The van der Waals surface area contributed by atoms with Crippen LogP contribution in [0.3, 0.4) is 0 Å². The summed E-state index contributed by atoms with van der Waals surface area (Å²) in [5.41, 5.74) is 0.787. The van der Waals surface area contributed by atoms with Gasteiger partial charge in [0.2, 0.25) is 11.8 Å². The summed E-state index contributed by atoms with van der Waals surface area (Å²) in [4.78, 5) is 41.3. The molecule has 1 spiro atoms. The first kappa shape index (κ1) is 16.1. The molecule has 2 fully saturated rings. The average molecular weight is 342 g/mol. The highest BCUT2D eigenvalue weighted by Gasteiger charge is 2.62. The second-order valence-corrected chi connectivity index (χ2v) is 7.04. The molecule has 2 N–H and O–H groups in total. The van der Waals surface area contributed by atoms with Crippen LogP contribution in [-0.4, -0.2) is 55.0 Å². The van der Waals surface area contributed by atoms with E-state index in [1.165, 1.54) is 7.05 Å². The number of urea groups is 1. The molecular formula is C18H22N4O3. The summed E-state index contributed by atoms with van der Waals surface area (Å²) in [5, 5.41) is 5.77. The zero-order valence-corrected chi connectivity index (χ0v) is 14.4. The van der Waals surface area contributed by atoms with Crippen molar-refractivity contribution in [3.8, 4) is 0 Å². The Morgan fingerprint density at radius 1 is 1.20 bits per heavy atom. The molecule has 0 bridgehead atoms. The molecule has 0 aliphatic carbocycles. The first-order chi connectivity index (χ1) is 12.0. The highest BCUT2D eigenvalue weighted by molar-refractivity contribution is 6.20. The molecule has 4 amide bonds. The molecule has 3 aliphatic rings. The van der Waals surface area contributed by atoms with Crippen molar-refractivity contribution in [2.24, 2.45) is 5.41 Å². The van der Waals surface area contributed by atoms with Gasteiger partial charge in [-0.3, -0.25) is 19.8 Å². The van der Waals surface area contributed by atoms with E-state index in [0.29, 0.717) is 13.0 Å². The number of hydrogen-bond acceptors (Lipinski definition) is 5. The van der Waals surface area contributed by atoms with Crippen LogP contribution in [-0.2, 0) is 16.0 Å². The normalized spacial score (nSPS) is 31.7. The third-order valence-electron chi connectivity index (χ3n) is 5.84. The Labute approximate surface area is 146 Å². The number of fused-ring (bicyclic) bond motifs is 4. The van der Waals surface area contributed by atoms with Crippen LogP contribution in [0.1, 0.15) is 18.9 Å². The zero-order chi connectivity index (χ0) is 17.8. The molecule has 132 valence electrons. The number of carbonyl (C=O) groups is 3. The number of hydrogen-bond donors (Lipinski definition) is 2. The number of anilines is 1. The molecular weight excluding hydrogens is 320 g/mol. The molecule has 4 rings (SSSR count). The first-order valence-electron chi connectivity index (χ1n) is 8.71. The number of nitrogens with one attached hydrogen (secondary N) is 2. The van der Waals surface area contributed by atoms with Crippen LogP contribution < -0.4 is 15.5 Å². The smallest absolute Gasteiger partial charge is 0.330 e. The molecule has 1 aromatic carbocycles. The zero-order valence-electron chi connectivity index (χ0n) is 14.4. The molecule has 3 aliphatic heterocycles. The second kappa shape index (κ2) is 5.56. The van der Waals surface area contributed by atoms with Gasteiger partial charge < -0.3 is 10.2 Å². The van der Waals surface area contributed by atoms with Crippen LogP contribution in [0, 0.1) is 5.41 Å². The van der Waals surface area contributed by atoms with E-state index >= 15 is 0 Å². The Morgan fingerprint density at radius 3 is 2.72 bits per heavy atom. The highest BCUT2D eigenvalue weighted by Crippen LogP contribution is 2.45.